The molecule has 0 aliphatic carbocycles. The third-order valence-electron chi connectivity index (χ3n) is 5.17. The van der Waals surface area contributed by atoms with Gasteiger partial charge in [0.05, 0.1) is 0 Å². The molecule has 0 aromatic heterocycles. The lowest BCUT2D eigenvalue weighted by Crippen LogP contribution is -2.53. The van der Waals surface area contributed by atoms with Crippen LogP contribution in [0.3, 0.4) is 0 Å². The minimum atomic E-state index is -0.247. The first-order valence-corrected chi connectivity index (χ1v) is 10.4. The minimum absolute atomic E-state index is 0.120. The van der Waals surface area contributed by atoms with E-state index in [0.717, 1.165) is 43.1 Å². The van der Waals surface area contributed by atoms with Crippen molar-refractivity contribution in [3.63, 3.8) is 0 Å². The lowest BCUT2D eigenvalue weighted by molar-refractivity contribution is -0.142. The molecule has 0 saturated carbocycles. The molecule has 1 atom stereocenters. The Hall–Kier alpha value is -2.64. The average molecular weight is 412 g/mol. The summed E-state index contributed by atoms with van der Waals surface area (Å²) in [5.41, 5.74) is 0.910. The highest BCUT2D eigenvalue weighted by Gasteiger charge is 2.30. The van der Waals surface area contributed by atoms with Crippen LogP contribution >= 0.6 is 12.2 Å². The van der Waals surface area contributed by atoms with Crippen LogP contribution in [0.1, 0.15) is 12.8 Å². The number of ether oxygens (including phenoxy) is 2. The Labute approximate surface area is 176 Å². The van der Waals surface area contributed by atoms with Crippen LogP contribution in [0.2, 0.25) is 0 Å². The average Bonchev–Trinajstić information content (AvgIpc) is 3.30. The van der Waals surface area contributed by atoms with Crippen molar-refractivity contribution in [3.05, 3.63) is 54.6 Å². The van der Waals surface area contributed by atoms with Crippen LogP contribution in [0.25, 0.3) is 0 Å². The molecule has 4 rings (SSSR count). The molecule has 2 aromatic rings. The second-order valence-electron chi connectivity index (χ2n) is 7.18. The maximum atomic E-state index is 12.5. The molecule has 6 nitrogen and oxygen atoms in total. The summed E-state index contributed by atoms with van der Waals surface area (Å²) in [6.07, 6.45) is 1.56. The summed E-state index contributed by atoms with van der Waals surface area (Å²) >= 11 is 5.56. The fourth-order valence-corrected chi connectivity index (χ4v) is 3.84. The zero-order valence-corrected chi connectivity index (χ0v) is 17.1. The monoisotopic (exact) mass is 411 g/mol. The van der Waals surface area contributed by atoms with Gasteiger partial charge in [-0.25, -0.2) is 0 Å². The van der Waals surface area contributed by atoms with Gasteiger partial charge in [0.25, 0.3) is 5.91 Å². The van der Waals surface area contributed by atoms with Crippen molar-refractivity contribution in [3.8, 4) is 11.5 Å². The van der Waals surface area contributed by atoms with Crippen LogP contribution in [0.4, 0.5) is 5.69 Å². The lowest BCUT2D eigenvalue weighted by atomic mass is 10.2. The fraction of sp³-hybridized carbons (Fsp3) is 0.364. The quantitative estimate of drug-likeness (QED) is 0.778. The molecule has 2 aromatic carbocycles. The normalized spacial score (nSPS) is 19.1. The number of hydrogen-bond acceptors (Lipinski definition) is 4. The van der Waals surface area contributed by atoms with E-state index in [1.807, 2.05) is 59.5 Å². The van der Waals surface area contributed by atoms with Crippen molar-refractivity contribution in [1.29, 1.82) is 0 Å². The second kappa shape index (κ2) is 9.24. The van der Waals surface area contributed by atoms with Crippen molar-refractivity contribution < 1.29 is 14.3 Å². The predicted molar refractivity (Wildman–Crippen MR) is 116 cm³/mol. The number of hydrogen-bond donors (Lipinski definition) is 1. The highest BCUT2D eigenvalue weighted by Crippen LogP contribution is 2.23. The van der Waals surface area contributed by atoms with Gasteiger partial charge in [-0.05, 0) is 61.5 Å². The van der Waals surface area contributed by atoms with Crippen molar-refractivity contribution in [2.24, 2.45) is 0 Å². The SMILES string of the molecule is O=C([C@@H]1CCCO1)N1CCN(C(=S)Nc2ccc(Oc3ccccc3)cc2)CC1. The van der Waals surface area contributed by atoms with E-state index in [4.69, 9.17) is 21.7 Å². The van der Waals surface area contributed by atoms with E-state index in [-0.39, 0.29) is 12.0 Å². The molecular formula is C22H25N3O3S. The summed E-state index contributed by atoms with van der Waals surface area (Å²) in [5.74, 6) is 1.70. The first kappa shape index (κ1) is 19.7. The third-order valence-corrected chi connectivity index (χ3v) is 5.53. The highest BCUT2D eigenvalue weighted by molar-refractivity contribution is 7.80. The molecule has 1 amide bonds. The maximum absolute atomic E-state index is 12.5. The Bertz CT molecular complexity index is 830. The van der Waals surface area contributed by atoms with Gasteiger partial charge in [-0.2, -0.15) is 0 Å². The van der Waals surface area contributed by atoms with Crippen molar-refractivity contribution >= 4 is 28.9 Å². The number of rotatable bonds is 4. The first-order valence-electron chi connectivity index (χ1n) is 9.98. The number of nitrogens with zero attached hydrogens (tertiary/aromatic N) is 2. The topological polar surface area (TPSA) is 54.0 Å². The number of carbonyl (C=O) groups is 1. The molecule has 29 heavy (non-hydrogen) atoms. The maximum Gasteiger partial charge on any atom is 0.251 e. The molecule has 1 N–H and O–H groups in total. The van der Waals surface area contributed by atoms with Crippen LogP contribution in [0.15, 0.2) is 54.6 Å². The molecular weight excluding hydrogens is 386 g/mol. The van der Waals surface area contributed by atoms with E-state index in [9.17, 15) is 4.79 Å². The smallest absolute Gasteiger partial charge is 0.251 e. The molecule has 2 fully saturated rings. The van der Waals surface area contributed by atoms with Crippen LogP contribution < -0.4 is 10.1 Å². The Morgan fingerprint density at radius 1 is 0.966 bits per heavy atom. The first-order chi connectivity index (χ1) is 14.2. The Balaban J connectivity index is 1.26. The Morgan fingerprint density at radius 2 is 1.62 bits per heavy atom. The van der Waals surface area contributed by atoms with Gasteiger partial charge in [0.2, 0.25) is 0 Å². The summed E-state index contributed by atoms with van der Waals surface area (Å²) in [7, 11) is 0. The van der Waals surface area contributed by atoms with Crippen LogP contribution in [-0.4, -0.2) is 59.7 Å². The number of para-hydroxylation sites is 1. The molecule has 7 heteroatoms. The highest BCUT2D eigenvalue weighted by atomic mass is 32.1. The Morgan fingerprint density at radius 3 is 2.28 bits per heavy atom. The number of benzene rings is 2. The van der Waals surface area contributed by atoms with E-state index >= 15 is 0 Å². The van der Waals surface area contributed by atoms with E-state index in [1.54, 1.807) is 0 Å². The molecule has 0 bridgehead atoms. The number of piperazine rings is 1. The van der Waals surface area contributed by atoms with Gasteiger partial charge in [-0.1, -0.05) is 18.2 Å². The summed E-state index contributed by atoms with van der Waals surface area (Å²) in [6.45, 7) is 3.48. The van der Waals surface area contributed by atoms with E-state index in [2.05, 4.69) is 10.2 Å². The second-order valence-corrected chi connectivity index (χ2v) is 7.57. The molecule has 2 aliphatic rings. The number of amides is 1. The van der Waals surface area contributed by atoms with Crippen molar-refractivity contribution in [2.45, 2.75) is 18.9 Å². The Kier molecular flexibility index (Phi) is 6.27. The van der Waals surface area contributed by atoms with Gasteiger partial charge in [-0.15, -0.1) is 0 Å². The zero-order valence-electron chi connectivity index (χ0n) is 16.3. The fourth-order valence-electron chi connectivity index (χ4n) is 3.54. The molecule has 152 valence electrons. The van der Waals surface area contributed by atoms with Gasteiger partial charge in [0, 0.05) is 38.5 Å². The van der Waals surface area contributed by atoms with Crippen LogP contribution in [0, 0.1) is 0 Å². The number of anilines is 1. The number of thiocarbonyl (C=S) groups is 1. The molecule has 0 unspecified atom stereocenters. The zero-order chi connectivity index (χ0) is 20.1. The molecule has 0 radical (unpaired) electrons. The largest absolute Gasteiger partial charge is 0.457 e. The summed E-state index contributed by atoms with van der Waals surface area (Å²) in [4.78, 5) is 16.4. The van der Waals surface area contributed by atoms with Crippen molar-refractivity contribution in [2.75, 3.05) is 38.1 Å². The molecule has 2 aliphatic heterocycles. The van der Waals surface area contributed by atoms with E-state index in [1.165, 1.54) is 0 Å². The summed E-state index contributed by atoms with van der Waals surface area (Å²) in [5, 5.41) is 3.95. The van der Waals surface area contributed by atoms with Crippen molar-refractivity contribution in [1.82, 2.24) is 9.80 Å². The third kappa shape index (κ3) is 5.05. The molecule has 2 saturated heterocycles. The van der Waals surface area contributed by atoms with Gasteiger partial charge in [-0.3, -0.25) is 4.79 Å². The van der Waals surface area contributed by atoms with Gasteiger partial charge < -0.3 is 24.6 Å². The van der Waals surface area contributed by atoms with Gasteiger partial charge in [0.15, 0.2) is 5.11 Å². The van der Waals surface area contributed by atoms with E-state index in [0.29, 0.717) is 24.8 Å². The lowest BCUT2D eigenvalue weighted by Gasteiger charge is -2.37. The van der Waals surface area contributed by atoms with E-state index < -0.39 is 0 Å². The van der Waals surface area contributed by atoms with Gasteiger partial charge >= 0.3 is 0 Å². The van der Waals surface area contributed by atoms with Gasteiger partial charge in [0.1, 0.15) is 17.6 Å². The minimum Gasteiger partial charge on any atom is -0.457 e. The predicted octanol–water partition coefficient (Wildman–Crippen LogP) is 3.50. The molecule has 2 heterocycles. The number of nitrogens with one attached hydrogen (secondary N) is 1. The van der Waals surface area contributed by atoms with Crippen LogP contribution in [-0.2, 0) is 9.53 Å². The summed E-state index contributed by atoms with van der Waals surface area (Å²) < 4.78 is 11.3. The summed E-state index contributed by atoms with van der Waals surface area (Å²) in [6, 6.07) is 17.4. The standard InChI is InChI=1S/C22H25N3O3S/c26-21(20-7-4-16-27-20)24-12-14-25(15-13-24)22(29)23-17-8-10-19(11-9-17)28-18-5-2-1-3-6-18/h1-3,5-6,8-11,20H,4,7,12-16H2,(H,23,29)/t20-/m0/s1. The number of carbonyl (C=O) groups excluding carboxylic acids is 1. The molecule has 0 spiro atoms. The van der Waals surface area contributed by atoms with Crippen LogP contribution in [0.5, 0.6) is 11.5 Å².